The van der Waals surface area contributed by atoms with Gasteiger partial charge in [-0.2, -0.15) is 26.3 Å². The van der Waals surface area contributed by atoms with Gasteiger partial charge in [-0.15, -0.1) is 45.3 Å². The Hall–Kier alpha value is -3.90. The van der Waals surface area contributed by atoms with Crippen molar-refractivity contribution < 1.29 is 84.4 Å². The molecule has 11 rings (SSSR count). The molecule has 7 fully saturated rings. The fraction of sp³-hybridized carbons (Fsp3) is 0.556. The highest BCUT2D eigenvalue weighted by Gasteiger charge is 2.54. The van der Waals surface area contributed by atoms with Crippen LogP contribution in [0.5, 0.6) is 0 Å². The highest BCUT2D eigenvalue weighted by molar-refractivity contribution is 7.12. The molecule has 1 aliphatic carbocycles. The Kier molecular flexibility index (Phi) is 16.4. The van der Waals surface area contributed by atoms with Crippen LogP contribution in [0.25, 0.3) is 0 Å². The summed E-state index contributed by atoms with van der Waals surface area (Å²) in [4.78, 5) is 46.6. The third-order valence-corrected chi connectivity index (χ3v) is 17.4. The molecule has 2 atom stereocenters. The van der Waals surface area contributed by atoms with Gasteiger partial charge in [0.05, 0.1) is 58.3 Å². The van der Waals surface area contributed by atoms with Crippen LogP contribution < -0.4 is 10.2 Å². The summed E-state index contributed by atoms with van der Waals surface area (Å²) in [5.41, 5.74) is -3.38. The maximum Gasteiger partial charge on any atom is 0.430 e. The van der Waals surface area contributed by atoms with Gasteiger partial charge in [0.1, 0.15) is 25.0 Å². The zero-order valence-electron chi connectivity index (χ0n) is 36.5. The quantitative estimate of drug-likeness (QED) is 0.106. The molecule has 6 saturated heterocycles. The second kappa shape index (κ2) is 21.0. The molecule has 4 aromatic rings. The third-order valence-electron chi connectivity index (χ3n) is 13.5. The molecular formula is C45H52F6N2O10S4. The van der Waals surface area contributed by atoms with Crippen LogP contribution >= 0.6 is 45.3 Å². The van der Waals surface area contributed by atoms with E-state index in [2.05, 4.69) is 13.8 Å². The van der Waals surface area contributed by atoms with Crippen LogP contribution in [0.1, 0.15) is 71.9 Å². The monoisotopic (exact) mass is 1020 g/mol. The number of alkyl halides is 6. The normalized spacial score (nSPS) is 25.7. The van der Waals surface area contributed by atoms with Gasteiger partial charge >= 0.3 is 24.3 Å². The third kappa shape index (κ3) is 12.1. The number of aliphatic carboxylic acids is 2. The van der Waals surface area contributed by atoms with Crippen LogP contribution in [0.15, 0.2) is 70.1 Å². The number of carbonyl (C=O) groups excluding carboxylic acids is 4. The summed E-state index contributed by atoms with van der Waals surface area (Å²) in [6.45, 7) is 12.4. The topological polar surface area (TPSA) is 173 Å². The number of rotatable bonds is 11. The first kappa shape index (κ1) is 52.5. The zero-order chi connectivity index (χ0) is 49.0. The summed E-state index contributed by atoms with van der Waals surface area (Å²) in [5, 5.41) is 48.0. The van der Waals surface area contributed by atoms with Gasteiger partial charge < -0.3 is 48.5 Å². The van der Waals surface area contributed by atoms with E-state index in [1.807, 2.05) is 70.1 Å². The molecule has 2 N–H and O–H groups in total. The lowest BCUT2D eigenvalue weighted by Gasteiger charge is -2.54. The predicted molar refractivity (Wildman–Crippen MR) is 233 cm³/mol. The maximum absolute atomic E-state index is 13.3. The molecule has 12 nitrogen and oxygen atoms in total. The molecular weight excluding hydrogens is 971 g/mol. The molecule has 22 heteroatoms. The zero-order valence-corrected chi connectivity index (χ0v) is 39.8. The summed E-state index contributed by atoms with van der Waals surface area (Å²) >= 11 is 5.58. The lowest BCUT2D eigenvalue weighted by atomic mass is 9.82. The van der Waals surface area contributed by atoms with Crippen molar-refractivity contribution in [1.82, 2.24) is 0 Å². The number of thiophene rings is 4. The van der Waals surface area contributed by atoms with Crippen LogP contribution in [-0.2, 0) is 39.9 Å². The smallest absolute Gasteiger partial charge is 0.430 e. The number of carboxylic acids is 2. The number of aliphatic hydroxyl groups is 2. The number of nitrogens with zero attached hydrogens (tertiary/aromatic N) is 2. The number of hydrogen-bond acceptors (Lipinski definition) is 14. The van der Waals surface area contributed by atoms with Crippen LogP contribution in [0.3, 0.4) is 0 Å². The minimum Gasteiger partial charge on any atom is -0.542 e. The van der Waals surface area contributed by atoms with Crippen molar-refractivity contribution in [3.05, 3.63) is 89.6 Å². The molecule has 4 aromatic heterocycles. The second-order valence-corrected chi connectivity index (χ2v) is 21.8. The van der Waals surface area contributed by atoms with Crippen LogP contribution in [-0.4, -0.2) is 119 Å². The number of ether oxygens (including phenoxy) is 2. The van der Waals surface area contributed by atoms with Gasteiger partial charge in [0.2, 0.25) is 11.2 Å². The molecule has 67 heavy (non-hydrogen) atoms. The Morgan fingerprint density at radius 2 is 0.940 bits per heavy atom. The molecule has 7 aliphatic rings. The molecule has 0 radical (unpaired) electrons. The Labute approximate surface area is 399 Å². The van der Waals surface area contributed by atoms with Crippen molar-refractivity contribution in [2.75, 3.05) is 45.8 Å². The summed E-state index contributed by atoms with van der Waals surface area (Å²) in [5.74, 6) is -5.29. The molecule has 368 valence electrons. The van der Waals surface area contributed by atoms with E-state index in [0.717, 1.165) is 53.7 Å². The standard InChI is InChI=1S/C21H26NO3S2.C20H26NO3S2.2C2HF3O2/c23-20(21(24,18-3-1-11-26-18)19-4-2-12-27-19)25-17-14-22(13-15-5-6-15)9-7-16(17)8-10-22;1-14(2)21-9-7-15(8-10-21)16(13-21)24-19(22)20(23,17-5-3-11-25-17)18-6-4-12-26-18;2*3-2(4,5)1(6)7/h1-4,11-12,15-17,24H,5-10,13-14H2;3-6,11-12,14-16,23H,7-10,13H2,1-2H3;2*(H,6,7)/q2*+1;;/p-2/t16?,17-,22?;15?,16-,21?;;/m00../s1. The lowest BCUT2D eigenvalue weighted by molar-refractivity contribution is -0.964. The Bertz CT molecular complexity index is 2140. The van der Waals surface area contributed by atoms with Crippen LogP contribution in [0.2, 0.25) is 0 Å². The Balaban J connectivity index is 0.000000173. The van der Waals surface area contributed by atoms with E-state index in [0.29, 0.717) is 37.4 Å². The van der Waals surface area contributed by atoms with E-state index in [4.69, 9.17) is 29.3 Å². The van der Waals surface area contributed by atoms with E-state index in [9.17, 15) is 46.1 Å². The van der Waals surface area contributed by atoms with E-state index in [1.54, 1.807) is 0 Å². The van der Waals surface area contributed by atoms with Crippen molar-refractivity contribution in [3.8, 4) is 0 Å². The van der Waals surface area contributed by atoms with Crippen molar-refractivity contribution in [2.45, 2.75) is 94.2 Å². The molecule has 1 saturated carbocycles. The molecule has 0 unspecified atom stereocenters. The van der Waals surface area contributed by atoms with E-state index in [1.165, 1.54) is 90.9 Å². The number of halogens is 6. The predicted octanol–water partition coefficient (Wildman–Crippen LogP) is 5.81. The van der Waals surface area contributed by atoms with Gasteiger partial charge in [-0.1, -0.05) is 24.3 Å². The number of carboxylic acid groups (broad SMARTS) is 2. The number of fused-ring (bicyclic) bond motifs is 6. The fourth-order valence-corrected chi connectivity index (χ4v) is 12.9. The minimum atomic E-state index is -5.19. The van der Waals surface area contributed by atoms with Crippen molar-refractivity contribution >= 4 is 69.2 Å². The number of esters is 2. The first-order valence-electron chi connectivity index (χ1n) is 21.7. The molecule has 10 heterocycles. The summed E-state index contributed by atoms with van der Waals surface area (Å²) in [7, 11) is 0. The van der Waals surface area contributed by atoms with Crippen LogP contribution in [0.4, 0.5) is 26.3 Å². The minimum absolute atomic E-state index is 0.0646. The largest absolute Gasteiger partial charge is 0.542 e. The van der Waals surface area contributed by atoms with Crippen molar-refractivity contribution in [3.63, 3.8) is 0 Å². The average Bonchev–Trinajstić information content (AvgIpc) is 3.95. The SMILES string of the molecule is CC(C)[N+]12CCC(CC1)[C@@H](OC(=O)C(O)(c1cccs1)c1cccs1)C2.O=C(O[C@H]1C[N+]2(CC3CC3)CCC1CC2)C(O)(c1cccs1)c1cccs1.O=C([O-])C(F)(F)F.O=C([O-])C(F)(F)F. The Morgan fingerprint density at radius 3 is 1.22 bits per heavy atom. The van der Waals surface area contributed by atoms with Crippen molar-refractivity contribution in [2.24, 2.45) is 17.8 Å². The lowest BCUT2D eigenvalue weighted by Crippen LogP contribution is -2.67. The number of hydrogen-bond donors (Lipinski definition) is 2. The number of carbonyl (C=O) groups is 4. The molecule has 6 aliphatic heterocycles. The van der Waals surface area contributed by atoms with E-state index in [-0.39, 0.29) is 12.2 Å². The van der Waals surface area contributed by atoms with Gasteiger partial charge in [0.15, 0.2) is 12.2 Å². The van der Waals surface area contributed by atoms with Gasteiger partial charge in [-0.3, -0.25) is 0 Å². The maximum atomic E-state index is 13.3. The first-order chi connectivity index (χ1) is 31.4. The molecule has 0 spiro atoms. The molecule has 0 amide bonds. The average molecular weight is 1020 g/mol. The molecule has 4 bridgehead atoms. The fourth-order valence-electron chi connectivity index (χ4n) is 9.51. The van der Waals surface area contributed by atoms with Gasteiger partial charge in [0, 0.05) is 43.4 Å². The summed E-state index contributed by atoms with van der Waals surface area (Å²) in [6, 6.07) is 15.3. The second-order valence-electron chi connectivity index (χ2n) is 18.0. The Morgan fingerprint density at radius 1 is 0.612 bits per heavy atom. The highest BCUT2D eigenvalue weighted by Crippen LogP contribution is 2.44. The van der Waals surface area contributed by atoms with Gasteiger partial charge in [0.25, 0.3) is 0 Å². The van der Waals surface area contributed by atoms with Gasteiger partial charge in [-0.05, 0) is 72.5 Å². The van der Waals surface area contributed by atoms with E-state index >= 15 is 0 Å². The summed E-state index contributed by atoms with van der Waals surface area (Å²) in [6.07, 6.45) is -3.33. The van der Waals surface area contributed by atoms with E-state index < -0.39 is 47.4 Å². The van der Waals surface area contributed by atoms with Crippen molar-refractivity contribution in [1.29, 1.82) is 0 Å². The molecule has 0 aromatic carbocycles. The number of quaternary nitrogens is 2. The first-order valence-corrected chi connectivity index (χ1v) is 25.3. The summed E-state index contributed by atoms with van der Waals surface area (Å²) < 4.78 is 77.3. The van der Waals surface area contributed by atoms with Crippen LogP contribution in [0, 0.1) is 17.8 Å². The number of piperidine rings is 6. The van der Waals surface area contributed by atoms with Gasteiger partial charge in [-0.25, -0.2) is 9.59 Å². The highest BCUT2D eigenvalue weighted by atomic mass is 32.1.